The highest BCUT2D eigenvalue weighted by molar-refractivity contribution is 5.76. The molecule has 0 spiro atoms. The maximum Gasteiger partial charge on any atom is 0.220 e. The van der Waals surface area contributed by atoms with Gasteiger partial charge < -0.3 is 40.3 Å². The molecule has 1 heterocycles. The van der Waals surface area contributed by atoms with E-state index in [1.807, 2.05) is 6.08 Å². The normalized spacial score (nSPS) is 18.4. The van der Waals surface area contributed by atoms with Crippen molar-refractivity contribution in [2.75, 3.05) is 13.2 Å². The number of aliphatic hydroxyl groups is 5. The van der Waals surface area contributed by atoms with Crippen molar-refractivity contribution in [3.8, 4) is 0 Å². The van der Waals surface area contributed by atoms with Gasteiger partial charge in [0.15, 0.2) is 6.29 Å². The van der Waals surface area contributed by atoms with Gasteiger partial charge in [0, 0.05) is 6.42 Å². The van der Waals surface area contributed by atoms with Gasteiger partial charge in [-0.15, -0.1) is 0 Å². The average Bonchev–Trinajstić information content (AvgIpc) is 3.60. The van der Waals surface area contributed by atoms with Gasteiger partial charge in [-0.05, 0) is 57.8 Å². The SMILES string of the molecule is CCCCCCCCCCCCCCCC/C=C\CCCCCCCCCCCCCCCCCCCC(=O)NC(COC1OC(CO)C(O)C(O)C1O)C(O)/C=C/CC/C=C/CCCCCCCCCCCCCCCCCCCCC. The van der Waals surface area contributed by atoms with Crippen LogP contribution in [0.25, 0.3) is 0 Å². The Hall–Kier alpha value is -1.59. The highest BCUT2D eigenvalue weighted by Gasteiger charge is 2.44. The zero-order valence-electron chi connectivity index (χ0n) is 55.0. The van der Waals surface area contributed by atoms with Crippen LogP contribution in [-0.4, -0.2) is 87.5 Å². The van der Waals surface area contributed by atoms with Crippen molar-refractivity contribution in [3.05, 3.63) is 36.5 Å². The minimum Gasteiger partial charge on any atom is -0.394 e. The second-order valence-electron chi connectivity index (χ2n) is 25.7. The van der Waals surface area contributed by atoms with Gasteiger partial charge >= 0.3 is 0 Å². The molecule has 0 radical (unpaired) electrons. The molecule has 0 bridgehead atoms. The Bertz CT molecular complexity index is 1410. The number of amides is 1. The van der Waals surface area contributed by atoms with Gasteiger partial charge in [0.1, 0.15) is 24.4 Å². The van der Waals surface area contributed by atoms with Crippen molar-refractivity contribution < 1.29 is 39.8 Å². The molecule has 83 heavy (non-hydrogen) atoms. The summed E-state index contributed by atoms with van der Waals surface area (Å²) in [7, 11) is 0. The van der Waals surface area contributed by atoms with E-state index < -0.39 is 49.5 Å². The predicted octanol–water partition coefficient (Wildman–Crippen LogP) is 20.2. The highest BCUT2D eigenvalue weighted by Crippen LogP contribution is 2.24. The number of ether oxygens (including phenoxy) is 2. The predicted molar refractivity (Wildman–Crippen MR) is 355 cm³/mol. The highest BCUT2D eigenvalue weighted by atomic mass is 16.7. The van der Waals surface area contributed by atoms with E-state index in [-0.39, 0.29) is 12.5 Å². The van der Waals surface area contributed by atoms with Gasteiger partial charge in [-0.25, -0.2) is 0 Å². The van der Waals surface area contributed by atoms with Gasteiger partial charge in [-0.2, -0.15) is 0 Å². The molecule has 1 amide bonds. The van der Waals surface area contributed by atoms with Crippen LogP contribution in [0.5, 0.6) is 0 Å². The third kappa shape index (κ3) is 52.1. The van der Waals surface area contributed by atoms with Crippen molar-refractivity contribution in [1.29, 1.82) is 0 Å². The Balaban J connectivity index is 2.10. The molecular formula is C74H141NO8. The molecule has 1 saturated heterocycles. The van der Waals surface area contributed by atoms with Crippen LogP contribution < -0.4 is 5.32 Å². The van der Waals surface area contributed by atoms with Crippen LogP contribution in [0.15, 0.2) is 36.5 Å². The van der Waals surface area contributed by atoms with E-state index in [0.29, 0.717) is 6.42 Å². The Morgan fingerprint density at radius 1 is 0.398 bits per heavy atom. The molecule has 0 aliphatic carbocycles. The summed E-state index contributed by atoms with van der Waals surface area (Å²) in [5.41, 5.74) is 0. The molecule has 1 fully saturated rings. The number of hydrogen-bond donors (Lipinski definition) is 6. The monoisotopic (exact) mass is 1170 g/mol. The summed E-state index contributed by atoms with van der Waals surface area (Å²) < 4.78 is 11.3. The number of allylic oxidation sites excluding steroid dienone is 5. The number of unbranched alkanes of at least 4 members (excludes halogenated alkanes) is 51. The fourth-order valence-electron chi connectivity index (χ4n) is 11.9. The Morgan fingerprint density at radius 2 is 0.687 bits per heavy atom. The summed E-state index contributed by atoms with van der Waals surface area (Å²) >= 11 is 0. The number of carbonyl (C=O) groups is 1. The molecule has 7 atom stereocenters. The third-order valence-corrected chi connectivity index (χ3v) is 17.7. The first kappa shape index (κ1) is 79.4. The van der Waals surface area contributed by atoms with Crippen LogP contribution in [0, 0.1) is 0 Å². The van der Waals surface area contributed by atoms with E-state index in [1.165, 1.54) is 315 Å². The molecule has 490 valence electrons. The first-order chi connectivity index (χ1) is 40.8. The van der Waals surface area contributed by atoms with Gasteiger partial charge in [0.2, 0.25) is 5.91 Å². The van der Waals surface area contributed by atoms with E-state index in [0.717, 1.165) is 38.5 Å². The zero-order chi connectivity index (χ0) is 60.0. The van der Waals surface area contributed by atoms with Crippen molar-refractivity contribution in [3.63, 3.8) is 0 Å². The lowest BCUT2D eigenvalue weighted by Gasteiger charge is -2.40. The van der Waals surface area contributed by atoms with Crippen LogP contribution >= 0.6 is 0 Å². The van der Waals surface area contributed by atoms with Crippen molar-refractivity contribution in [1.82, 2.24) is 5.32 Å². The summed E-state index contributed by atoms with van der Waals surface area (Å²) in [6, 6.07) is -0.822. The van der Waals surface area contributed by atoms with Gasteiger partial charge in [-0.1, -0.05) is 346 Å². The fraction of sp³-hybridized carbons (Fsp3) is 0.905. The number of nitrogens with one attached hydrogen (secondary N) is 1. The lowest BCUT2D eigenvalue weighted by atomic mass is 9.99. The summed E-state index contributed by atoms with van der Waals surface area (Å²) in [6.45, 7) is 3.82. The van der Waals surface area contributed by atoms with E-state index in [2.05, 4.69) is 43.5 Å². The van der Waals surface area contributed by atoms with Gasteiger partial charge in [0.05, 0.1) is 25.4 Å². The van der Waals surface area contributed by atoms with Crippen LogP contribution in [0.4, 0.5) is 0 Å². The molecule has 7 unspecified atom stereocenters. The van der Waals surface area contributed by atoms with E-state index in [4.69, 9.17) is 9.47 Å². The molecule has 1 rings (SSSR count). The molecule has 0 saturated carbocycles. The molecular weight excluding hydrogens is 1030 g/mol. The second kappa shape index (κ2) is 63.4. The summed E-state index contributed by atoms with van der Waals surface area (Å²) in [5, 5.41) is 54.8. The summed E-state index contributed by atoms with van der Waals surface area (Å²) in [4.78, 5) is 13.1. The second-order valence-corrected chi connectivity index (χ2v) is 25.7. The van der Waals surface area contributed by atoms with E-state index in [9.17, 15) is 30.3 Å². The minimum absolute atomic E-state index is 0.179. The Labute approximate surface area is 514 Å². The molecule has 9 nitrogen and oxygen atoms in total. The average molecular weight is 1170 g/mol. The first-order valence-electron chi connectivity index (χ1n) is 36.7. The van der Waals surface area contributed by atoms with Crippen LogP contribution in [0.1, 0.15) is 373 Å². The quantitative estimate of drug-likeness (QED) is 0.0261. The first-order valence-corrected chi connectivity index (χ1v) is 36.7. The van der Waals surface area contributed by atoms with Crippen LogP contribution in [0.2, 0.25) is 0 Å². The lowest BCUT2D eigenvalue weighted by molar-refractivity contribution is -0.302. The zero-order valence-corrected chi connectivity index (χ0v) is 55.0. The lowest BCUT2D eigenvalue weighted by Crippen LogP contribution is -2.60. The number of aliphatic hydroxyl groups excluding tert-OH is 5. The molecule has 0 aromatic carbocycles. The van der Waals surface area contributed by atoms with E-state index in [1.54, 1.807) is 6.08 Å². The Morgan fingerprint density at radius 3 is 1.01 bits per heavy atom. The third-order valence-electron chi connectivity index (χ3n) is 17.7. The maximum atomic E-state index is 13.1. The van der Waals surface area contributed by atoms with Crippen LogP contribution in [-0.2, 0) is 14.3 Å². The molecule has 0 aromatic heterocycles. The van der Waals surface area contributed by atoms with Crippen molar-refractivity contribution >= 4 is 5.91 Å². The van der Waals surface area contributed by atoms with Crippen molar-refractivity contribution in [2.24, 2.45) is 0 Å². The topological polar surface area (TPSA) is 149 Å². The van der Waals surface area contributed by atoms with Gasteiger partial charge in [-0.3, -0.25) is 4.79 Å². The minimum atomic E-state index is -1.57. The molecule has 0 aromatic rings. The van der Waals surface area contributed by atoms with Crippen molar-refractivity contribution in [2.45, 2.75) is 416 Å². The largest absolute Gasteiger partial charge is 0.394 e. The standard InChI is InChI=1S/C74H141NO8/c1-3-5-7-9-11-13-15-17-19-21-23-25-27-29-30-31-32-33-34-35-36-37-38-40-42-44-46-48-50-52-54-56-58-60-62-64-70(78)75-67(66-82-74-73(81)72(80)71(79)69(65-76)83-74)68(77)63-61-59-57-55-53-51-49-47-45-43-41-39-28-26-24-22-20-18-16-14-12-10-8-6-4-2/h31-32,53,55,61,63,67-69,71-74,76-77,79-81H,3-30,33-52,54,56-60,62,64-66H2,1-2H3,(H,75,78)/b32-31-,55-53+,63-61+. The summed E-state index contributed by atoms with van der Waals surface area (Å²) in [5.74, 6) is -0.179. The van der Waals surface area contributed by atoms with Crippen LogP contribution in [0.3, 0.4) is 0 Å². The maximum absolute atomic E-state index is 13.1. The summed E-state index contributed by atoms with van der Waals surface area (Å²) in [6.07, 6.45) is 78.5. The molecule has 6 N–H and O–H groups in total. The Kier molecular flexibility index (Phi) is 60.7. The fourth-order valence-corrected chi connectivity index (χ4v) is 11.9. The number of carbonyl (C=O) groups excluding carboxylic acids is 1. The molecule has 1 aliphatic rings. The molecule has 1 aliphatic heterocycles. The molecule has 9 heteroatoms. The smallest absolute Gasteiger partial charge is 0.220 e. The number of hydrogen-bond acceptors (Lipinski definition) is 8. The number of rotatable bonds is 65. The van der Waals surface area contributed by atoms with Gasteiger partial charge in [0.25, 0.3) is 0 Å². The van der Waals surface area contributed by atoms with E-state index >= 15 is 0 Å².